The summed E-state index contributed by atoms with van der Waals surface area (Å²) >= 11 is 0. The van der Waals surface area contributed by atoms with Crippen molar-refractivity contribution in [3.8, 4) is 0 Å². The van der Waals surface area contributed by atoms with Crippen LogP contribution in [0.1, 0.15) is 29.9 Å². The standard InChI is InChI=1S/C19H21NO/c1-3-14-8-10-15(11-9-14)12-17(20-2)19-13-16-6-4-5-7-18(16)21-19/h4-11,13,17,20H,3,12H2,1-2H3. The molecule has 0 aliphatic carbocycles. The van der Waals surface area contributed by atoms with Crippen LogP contribution in [0.25, 0.3) is 11.0 Å². The molecule has 2 aromatic carbocycles. The first-order valence-corrected chi connectivity index (χ1v) is 7.53. The van der Waals surface area contributed by atoms with E-state index in [4.69, 9.17) is 4.42 Å². The third-order valence-electron chi connectivity index (χ3n) is 4.01. The molecule has 2 heteroatoms. The second kappa shape index (κ2) is 6.15. The van der Waals surface area contributed by atoms with Crippen LogP contribution in [0.4, 0.5) is 0 Å². The third-order valence-corrected chi connectivity index (χ3v) is 4.01. The Labute approximate surface area is 125 Å². The van der Waals surface area contributed by atoms with E-state index < -0.39 is 0 Å². The largest absolute Gasteiger partial charge is 0.459 e. The van der Waals surface area contributed by atoms with Gasteiger partial charge in [-0.05, 0) is 43.1 Å². The van der Waals surface area contributed by atoms with Crippen molar-refractivity contribution in [2.75, 3.05) is 7.05 Å². The lowest BCUT2D eigenvalue weighted by Crippen LogP contribution is -2.18. The summed E-state index contributed by atoms with van der Waals surface area (Å²) in [7, 11) is 1.98. The van der Waals surface area contributed by atoms with Gasteiger partial charge in [0.15, 0.2) is 0 Å². The third kappa shape index (κ3) is 3.01. The Balaban J connectivity index is 1.83. The Morgan fingerprint density at radius 3 is 2.38 bits per heavy atom. The lowest BCUT2D eigenvalue weighted by atomic mass is 10.0. The molecule has 0 aliphatic rings. The van der Waals surface area contributed by atoms with Gasteiger partial charge in [0.25, 0.3) is 0 Å². The highest BCUT2D eigenvalue weighted by Gasteiger charge is 2.15. The Hall–Kier alpha value is -2.06. The Morgan fingerprint density at radius 2 is 1.71 bits per heavy atom. The first-order chi connectivity index (χ1) is 10.3. The van der Waals surface area contributed by atoms with E-state index >= 15 is 0 Å². The molecule has 0 spiro atoms. The van der Waals surface area contributed by atoms with Crippen LogP contribution in [0.5, 0.6) is 0 Å². The van der Waals surface area contributed by atoms with Gasteiger partial charge >= 0.3 is 0 Å². The van der Waals surface area contributed by atoms with Crippen LogP contribution in [-0.2, 0) is 12.8 Å². The zero-order valence-corrected chi connectivity index (χ0v) is 12.6. The van der Waals surface area contributed by atoms with Crippen molar-refractivity contribution in [1.82, 2.24) is 5.32 Å². The molecule has 1 unspecified atom stereocenters. The maximum Gasteiger partial charge on any atom is 0.134 e. The van der Waals surface area contributed by atoms with Crippen molar-refractivity contribution in [2.45, 2.75) is 25.8 Å². The molecule has 3 rings (SSSR count). The number of para-hydroxylation sites is 1. The summed E-state index contributed by atoms with van der Waals surface area (Å²) in [6.07, 6.45) is 2.01. The molecule has 1 aromatic heterocycles. The summed E-state index contributed by atoms with van der Waals surface area (Å²) < 4.78 is 5.98. The molecule has 3 aromatic rings. The van der Waals surface area contributed by atoms with Gasteiger partial charge in [-0.25, -0.2) is 0 Å². The number of nitrogens with one attached hydrogen (secondary N) is 1. The fourth-order valence-electron chi connectivity index (χ4n) is 2.67. The molecule has 108 valence electrons. The number of fused-ring (bicyclic) bond motifs is 1. The van der Waals surface area contributed by atoms with Crippen molar-refractivity contribution < 1.29 is 4.42 Å². The summed E-state index contributed by atoms with van der Waals surface area (Å²) in [5, 5.41) is 4.52. The Morgan fingerprint density at radius 1 is 1.00 bits per heavy atom. The molecule has 21 heavy (non-hydrogen) atoms. The zero-order chi connectivity index (χ0) is 14.7. The average Bonchev–Trinajstić information content (AvgIpc) is 2.97. The molecule has 0 radical (unpaired) electrons. The van der Waals surface area contributed by atoms with Gasteiger partial charge in [-0.15, -0.1) is 0 Å². The fourth-order valence-corrected chi connectivity index (χ4v) is 2.67. The molecule has 0 fully saturated rings. The van der Waals surface area contributed by atoms with E-state index in [2.05, 4.69) is 48.6 Å². The van der Waals surface area contributed by atoms with Crippen molar-refractivity contribution in [1.29, 1.82) is 0 Å². The number of aryl methyl sites for hydroxylation is 1. The van der Waals surface area contributed by atoms with E-state index in [1.807, 2.05) is 25.2 Å². The number of rotatable bonds is 5. The number of furan rings is 1. The van der Waals surface area contributed by atoms with Gasteiger partial charge in [-0.3, -0.25) is 0 Å². The minimum absolute atomic E-state index is 0.199. The number of hydrogen-bond acceptors (Lipinski definition) is 2. The van der Waals surface area contributed by atoms with E-state index in [-0.39, 0.29) is 6.04 Å². The number of benzene rings is 2. The summed E-state index contributed by atoms with van der Waals surface area (Å²) in [6.45, 7) is 2.18. The van der Waals surface area contributed by atoms with Gasteiger partial charge in [0, 0.05) is 5.39 Å². The molecule has 0 saturated carbocycles. The van der Waals surface area contributed by atoms with Gasteiger partial charge in [0.05, 0.1) is 6.04 Å². The number of likely N-dealkylation sites (N-methyl/N-ethyl adjacent to an activating group) is 1. The van der Waals surface area contributed by atoms with Crippen molar-refractivity contribution in [2.24, 2.45) is 0 Å². The monoisotopic (exact) mass is 279 g/mol. The van der Waals surface area contributed by atoms with Gasteiger partial charge in [-0.2, -0.15) is 0 Å². The average molecular weight is 279 g/mol. The first kappa shape index (κ1) is 13.9. The summed E-state index contributed by atoms with van der Waals surface area (Å²) in [5.41, 5.74) is 3.66. The first-order valence-electron chi connectivity index (χ1n) is 7.53. The summed E-state index contributed by atoms with van der Waals surface area (Å²) in [6, 6.07) is 19.3. The quantitative estimate of drug-likeness (QED) is 0.744. The second-order valence-electron chi connectivity index (χ2n) is 5.40. The van der Waals surface area contributed by atoms with Crippen LogP contribution in [-0.4, -0.2) is 7.05 Å². The molecule has 1 atom stereocenters. The van der Waals surface area contributed by atoms with Crippen molar-refractivity contribution >= 4 is 11.0 Å². The van der Waals surface area contributed by atoms with Gasteiger partial charge < -0.3 is 9.73 Å². The topological polar surface area (TPSA) is 25.2 Å². The molecule has 1 N–H and O–H groups in total. The smallest absolute Gasteiger partial charge is 0.134 e. The van der Waals surface area contributed by atoms with Crippen molar-refractivity contribution in [3.63, 3.8) is 0 Å². The fraction of sp³-hybridized carbons (Fsp3) is 0.263. The lowest BCUT2D eigenvalue weighted by Gasteiger charge is -2.13. The minimum Gasteiger partial charge on any atom is -0.459 e. The second-order valence-corrected chi connectivity index (χ2v) is 5.40. The maximum absolute atomic E-state index is 5.98. The highest BCUT2D eigenvalue weighted by molar-refractivity contribution is 5.77. The zero-order valence-electron chi connectivity index (χ0n) is 12.6. The van der Waals surface area contributed by atoms with E-state index in [1.165, 1.54) is 11.1 Å². The van der Waals surface area contributed by atoms with Crippen LogP contribution >= 0.6 is 0 Å². The SMILES string of the molecule is CCc1ccc(CC(NC)c2cc3ccccc3o2)cc1. The lowest BCUT2D eigenvalue weighted by molar-refractivity contribution is 0.451. The number of hydrogen-bond donors (Lipinski definition) is 1. The Kier molecular flexibility index (Phi) is 4.07. The van der Waals surface area contributed by atoms with Crippen LogP contribution < -0.4 is 5.32 Å². The molecule has 0 saturated heterocycles. The summed E-state index contributed by atoms with van der Waals surface area (Å²) in [4.78, 5) is 0. The molecular weight excluding hydrogens is 258 g/mol. The van der Waals surface area contributed by atoms with E-state index in [0.29, 0.717) is 0 Å². The molecule has 0 bridgehead atoms. The van der Waals surface area contributed by atoms with Gasteiger partial charge in [0.2, 0.25) is 0 Å². The van der Waals surface area contributed by atoms with Crippen LogP contribution in [0.2, 0.25) is 0 Å². The van der Waals surface area contributed by atoms with E-state index in [1.54, 1.807) is 0 Å². The maximum atomic E-state index is 5.98. The van der Waals surface area contributed by atoms with Crippen LogP contribution in [0, 0.1) is 0 Å². The molecule has 2 nitrogen and oxygen atoms in total. The molecular formula is C19H21NO. The molecule has 0 aliphatic heterocycles. The van der Waals surface area contributed by atoms with Gasteiger partial charge in [-0.1, -0.05) is 49.4 Å². The van der Waals surface area contributed by atoms with E-state index in [0.717, 1.165) is 29.6 Å². The highest BCUT2D eigenvalue weighted by atomic mass is 16.3. The van der Waals surface area contributed by atoms with Crippen molar-refractivity contribution in [3.05, 3.63) is 71.5 Å². The van der Waals surface area contributed by atoms with Crippen LogP contribution in [0.15, 0.2) is 59.0 Å². The van der Waals surface area contributed by atoms with E-state index in [9.17, 15) is 0 Å². The minimum atomic E-state index is 0.199. The normalized spacial score (nSPS) is 12.7. The summed E-state index contributed by atoms with van der Waals surface area (Å²) in [5.74, 6) is 0.998. The predicted octanol–water partition coefficient (Wildman–Crippen LogP) is 4.50. The van der Waals surface area contributed by atoms with Crippen LogP contribution in [0.3, 0.4) is 0 Å². The Bertz CT molecular complexity index is 679. The highest BCUT2D eigenvalue weighted by Crippen LogP contribution is 2.26. The molecule has 1 heterocycles. The predicted molar refractivity (Wildman–Crippen MR) is 87.5 cm³/mol. The molecule has 0 amide bonds. The van der Waals surface area contributed by atoms with Gasteiger partial charge in [0.1, 0.15) is 11.3 Å².